The molecule has 0 amide bonds. The van der Waals surface area contributed by atoms with Gasteiger partial charge in [-0.2, -0.15) is 0 Å². The first-order valence-electron chi connectivity index (χ1n) is 6.35. The van der Waals surface area contributed by atoms with Gasteiger partial charge in [-0.3, -0.25) is 0 Å². The standard InChI is InChI=1S/C14H20ClNO/c1-16-8-7-12-9-13(15)5-6-14(12)17-10-11-3-2-4-11/h5-6,9,11,16H,2-4,7-8,10H2,1H3. The summed E-state index contributed by atoms with van der Waals surface area (Å²) >= 11 is 6.02. The number of rotatable bonds is 6. The lowest BCUT2D eigenvalue weighted by Crippen LogP contribution is -2.20. The van der Waals surface area contributed by atoms with Crippen LogP contribution in [0, 0.1) is 5.92 Å². The highest BCUT2D eigenvalue weighted by atomic mass is 35.5. The fourth-order valence-corrected chi connectivity index (χ4v) is 2.21. The van der Waals surface area contributed by atoms with Gasteiger partial charge in [-0.15, -0.1) is 0 Å². The Morgan fingerprint density at radius 3 is 2.88 bits per heavy atom. The minimum atomic E-state index is 0.767. The Bertz CT molecular complexity index is 363. The predicted octanol–water partition coefficient (Wildman–Crippen LogP) is 3.28. The van der Waals surface area contributed by atoms with Crippen molar-refractivity contribution in [1.29, 1.82) is 0 Å². The average molecular weight is 254 g/mol. The van der Waals surface area contributed by atoms with Crippen molar-refractivity contribution in [3.63, 3.8) is 0 Å². The quantitative estimate of drug-likeness (QED) is 0.840. The van der Waals surface area contributed by atoms with Crippen LogP contribution in [0.2, 0.25) is 5.02 Å². The third-order valence-electron chi connectivity index (χ3n) is 3.37. The van der Waals surface area contributed by atoms with Gasteiger partial charge in [0.2, 0.25) is 0 Å². The molecule has 2 rings (SSSR count). The van der Waals surface area contributed by atoms with Crippen molar-refractivity contribution in [2.45, 2.75) is 25.7 Å². The number of likely N-dealkylation sites (N-methyl/N-ethyl adjacent to an activating group) is 1. The van der Waals surface area contributed by atoms with Crippen LogP contribution in [-0.2, 0) is 6.42 Å². The van der Waals surface area contributed by atoms with Crippen molar-refractivity contribution in [2.75, 3.05) is 20.2 Å². The third kappa shape index (κ3) is 3.62. The van der Waals surface area contributed by atoms with Crippen LogP contribution in [0.15, 0.2) is 18.2 Å². The van der Waals surface area contributed by atoms with E-state index in [1.165, 1.54) is 24.8 Å². The molecule has 1 aliphatic rings. The van der Waals surface area contributed by atoms with E-state index in [1.807, 2.05) is 25.2 Å². The molecule has 0 unspecified atom stereocenters. The molecule has 0 saturated heterocycles. The van der Waals surface area contributed by atoms with Gasteiger partial charge >= 0.3 is 0 Å². The van der Waals surface area contributed by atoms with Gasteiger partial charge in [0.15, 0.2) is 0 Å². The van der Waals surface area contributed by atoms with Crippen molar-refractivity contribution in [3.8, 4) is 5.75 Å². The molecule has 0 atom stereocenters. The zero-order valence-electron chi connectivity index (χ0n) is 10.3. The van der Waals surface area contributed by atoms with E-state index in [0.29, 0.717) is 0 Å². The third-order valence-corrected chi connectivity index (χ3v) is 3.60. The highest BCUT2D eigenvalue weighted by Gasteiger charge is 2.18. The Morgan fingerprint density at radius 1 is 1.41 bits per heavy atom. The van der Waals surface area contributed by atoms with Crippen LogP contribution in [0.3, 0.4) is 0 Å². The van der Waals surface area contributed by atoms with Crippen LogP contribution < -0.4 is 10.1 Å². The molecule has 0 radical (unpaired) electrons. The van der Waals surface area contributed by atoms with Crippen LogP contribution in [0.1, 0.15) is 24.8 Å². The summed E-state index contributed by atoms with van der Waals surface area (Å²) in [6, 6.07) is 5.90. The molecule has 17 heavy (non-hydrogen) atoms. The van der Waals surface area contributed by atoms with Crippen LogP contribution in [0.25, 0.3) is 0 Å². The number of halogens is 1. The van der Waals surface area contributed by atoms with Gasteiger partial charge in [-0.1, -0.05) is 18.0 Å². The average Bonchev–Trinajstić information content (AvgIpc) is 2.26. The molecule has 0 spiro atoms. The number of nitrogens with one attached hydrogen (secondary N) is 1. The first-order chi connectivity index (χ1) is 8.29. The van der Waals surface area contributed by atoms with Gasteiger partial charge in [0.1, 0.15) is 5.75 Å². The van der Waals surface area contributed by atoms with Crippen LogP contribution in [0.4, 0.5) is 0 Å². The molecule has 1 N–H and O–H groups in total. The Morgan fingerprint density at radius 2 is 2.24 bits per heavy atom. The number of hydrogen-bond donors (Lipinski definition) is 1. The summed E-state index contributed by atoms with van der Waals surface area (Å²) in [4.78, 5) is 0. The smallest absolute Gasteiger partial charge is 0.122 e. The van der Waals surface area contributed by atoms with E-state index in [-0.39, 0.29) is 0 Å². The second kappa shape index (κ2) is 6.27. The summed E-state index contributed by atoms with van der Waals surface area (Å²) in [6.45, 7) is 1.80. The second-order valence-corrected chi connectivity index (χ2v) is 5.15. The molecule has 1 aromatic rings. The van der Waals surface area contributed by atoms with Gasteiger partial charge in [-0.05, 0) is 62.5 Å². The summed E-state index contributed by atoms with van der Waals surface area (Å²) < 4.78 is 5.91. The maximum absolute atomic E-state index is 6.02. The number of benzene rings is 1. The summed E-state index contributed by atoms with van der Waals surface area (Å²) in [5.41, 5.74) is 1.20. The molecule has 1 saturated carbocycles. The Hall–Kier alpha value is -0.730. The van der Waals surface area contributed by atoms with Crippen LogP contribution >= 0.6 is 11.6 Å². The van der Waals surface area contributed by atoms with E-state index in [0.717, 1.165) is 36.3 Å². The van der Waals surface area contributed by atoms with Crippen molar-refractivity contribution in [3.05, 3.63) is 28.8 Å². The van der Waals surface area contributed by atoms with Gasteiger partial charge in [0, 0.05) is 5.02 Å². The fraction of sp³-hybridized carbons (Fsp3) is 0.571. The highest BCUT2D eigenvalue weighted by Crippen LogP contribution is 2.29. The van der Waals surface area contributed by atoms with E-state index < -0.39 is 0 Å². The molecule has 1 fully saturated rings. The molecule has 0 heterocycles. The van der Waals surface area contributed by atoms with Gasteiger partial charge in [0.25, 0.3) is 0 Å². The maximum atomic E-state index is 6.02. The molecule has 1 aliphatic carbocycles. The first kappa shape index (κ1) is 12.7. The minimum absolute atomic E-state index is 0.767. The number of ether oxygens (including phenoxy) is 1. The summed E-state index contributed by atoms with van der Waals surface area (Å²) in [5.74, 6) is 1.76. The predicted molar refractivity (Wildman–Crippen MR) is 71.9 cm³/mol. The monoisotopic (exact) mass is 253 g/mol. The largest absolute Gasteiger partial charge is 0.493 e. The Balaban J connectivity index is 1.97. The lowest BCUT2D eigenvalue weighted by Gasteiger charge is -2.25. The number of hydrogen-bond acceptors (Lipinski definition) is 2. The van der Waals surface area contributed by atoms with Crippen LogP contribution in [-0.4, -0.2) is 20.2 Å². The van der Waals surface area contributed by atoms with Crippen molar-refractivity contribution in [1.82, 2.24) is 5.32 Å². The minimum Gasteiger partial charge on any atom is -0.493 e. The van der Waals surface area contributed by atoms with Crippen LogP contribution in [0.5, 0.6) is 5.75 Å². The Kier molecular flexibility index (Phi) is 4.69. The second-order valence-electron chi connectivity index (χ2n) is 4.71. The molecular weight excluding hydrogens is 234 g/mol. The topological polar surface area (TPSA) is 21.3 Å². The normalized spacial score (nSPS) is 15.6. The Labute approximate surface area is 108 Å². The van der Waals surface area contributed by atoms with E-state index >= 15 is 0 Å². The molecule has 2 nitrogen and oxygen atoms in total. The molecule has 3 heteroatoms. The zero-order valence-corrected chi connectivity index (χ0v) is 11.1. The van der Waals surface area contributed by atoms with E-state index in [1.54, 1.807) is 0 Å². The maximum Gasteiger partial charge on any atom is 0.122 e. The molecular formula is C14H20ClNO. The molecule has 0 aromatic heterocycles. The lowest BCUT2D eigenvalue weighted by molar-refractivity contribution is 0.179. The SMILES string of the molecule is CNCCc1cc(Cl)ccc1OCC1CCC1. The van der Waals surface area contributed by atoms with Crippen molar-refractivity contribution >= 4 is 11.6 Å². The molecule has 0 bridgehead atoms. The molecule has 0 aliphatic heterocycles. The van der Waals surface area contributed by atoms with Crippen molar-refractivity contribution < 1.29 is 4.74 Å². The summed E-state index contributed by atoms with van der Waals surface area (Å²) in [7, 11) is 1.96. The van der Waals surface area contributed by atoms with Crippen molar-refractivity contribution in [2.24, 2.45) is 5.92 Å². The first-order valence-corrected chi connectivity index (χ1v) is 6.73. The molecule has 94 valence electrons. The molecule has 1 aromatic carbocycles. The van der Waals surface area contributed by atoms with E-state index in [2.05, 4.69) is 5.32 Å². The highest BCUT2D eigenvalue weighted by molar-refractivity contribution is 6.30. The zero-order chi connectivity index (χ0) is 12.1. The van der Waals surface area contributed by atoms with Gasteiger partial charge in [-0.25, -0.2) is 0 Å². The summed E-state index contributed by atoms with van der Waals surface area (Å²) in [5, 5.41) is 3.94. The van der Waals surface area contributed by atoms with Gasteiger partial charge in [0.05, 0.1) is 6.61 Å². The fourth-order valence-electron chi connectivity index (χ4n) is 2.01. The van der Waals surface area contributed by atoms with E-state index in [4.69, 9.17) is 16.3 Å². The van der Waals surface area contributed by atoms with Gasteiger partial charge < -0.3 is 10.1 Å². The van der Waals surface area contributed by atoms with E-state index in [9.17, 15) is 0 Å². The lowest BCUT2D eigenvalue weighted by atomic mass is 9.86. The summed E-state index contributed by atoms with van der Waals surface area (Å²) in [6.07, 6.45) is 4.96.